The molecule has 0 aliphatic rings. The Labute approximate surface area is 145 Å². The summed E-state index contributed by atoms with van der Waals surface area (Å²) < 4.78 is 0. The van der Waals surface area contributed by atoms with Gasteiger partial charge in [-0.1, -0.05) is 90.1 Å². The lowest BCUT2D eigenvalue weighted by Crippen LogP contribution is -2.15. The van der Waals surface area contributed by atoms with Crippen LogP contribution in [-0.2, 0) is 10.8 Å². The van der Waals surface area contributed by atoms with Gasteiger partial charge in [-0.25, -0.2) is 0 Å². The molecule has 2 rings (SSSR count). The molecule has 128 valence electrons. The van der Waals surface area contributed by atoms with Gasteiger partial charge >= 0.3 is 0 Å². The van der Waals surface area contributed by atoms with Gasteiger partial charge in [0.1, 0.15) is 6.10 Å². The van der Waals surface area contributed by atoms with Crippen LogP contribution in [0, 0.1) is 0 Å². The molecule has 24 heavy (non-hydrogen) atoms. The SMILES string of the molecule is CC(C)(C)c1ccc(C(=O)[C@@H](O)c2ccc(C(C)(C)C)cc2)cc1. The van der Waals surface area contributed by atoms with Crippen molar-refractivity contribution in [1.82, 2.24) is 0 Å². The van der Waals surface area contributed by atoms with Gasteiger partial charge in [0, 0.05) is 5.56 Å². The predicted octanol–water partition coefficient (Wildman–Crippen LogP) is 5.20. The fourth-order valence-electron chi connectivity index (χ4n) is 2.61. The molecular weight excluding hydrogens is 296 g/mol. The van der Waals surface area contributed by atoms with Crippen molar-refractivity contribution in [1.29, 1.82) is 0 Å². The second kappa shape index (κ2) is 6.52. The maximum Gasteiger partial charge on any atom is 0.195 e. The van der Waals surface area contributed by atoms with Gasteiger partial charge in [0.2, 0.25) is 0 Å². The van der Waals surface area contributed by atoms with Crippen LogP contribution in [0.25, 0.3) is 0 Å². The summed E-state index contributed by atoms with van der Waals surface area (Å²) in [4.78, 5) is 12.5. The number of carbonyl (C=O) groups excluding carboxylic acids is 1. The first-order valence-corrected chi connectivity index (χ1v) is 8.43. The maximum atomic E-state index is 12.5. The predicted molar refractivity (Wildman–Crippen MR) is 99.6 cm³/mol. The molecule has 0 fully saturated rings. The summed E-state index contributed by atoms with van der Waals surface area (Å²) in [7, 11) is 0. The van der Waals surface area contributed by atoms with Crippen LogP contribution in [0.5, 0.6) is 0 Å². The molecule has 2 aromatic carbocycles. The molecule has 0 radical (unpaired) electrons. The van der Waals surface area contributed by atoms with Crippen molar-refractivity contribution in [3.8, 4) is 0 Å². The Bertz CT molecular complexity index is 696. The second-order valence-corrected chi connectivity index (χ2v) is 8.47. The molecular formula is C22H28O2. The van der Waals surface area contributed by atoms with Crippen molar-refractivity contribution in [2.24, 2.45) is 0 Å². The number of carbonyl (C=O) groups is 1. The Morgan fingerprint density at radius 2 is 1.12 bits per heavy atom. The molecule has 0 heterocycles. The van der Waals surface area contributed by atoms with E-state index in [9.17, 15) is 9.90 Å². The first-order valence-electron chi connectivity index (χ1n) is 8.43. The molecule has 1 N–H and O–H groups in total. The Kier molecular flexibility index (Phi) is 5.00. The van der Waals surface area contributed by atoms with E-state index in [1.54, 1.807) is 12.1 Å². The number of rotatable bonds is 3. The minimum Gasteiger partial charge on any atom is -0.380 e. The number of benzene rings is 2. The van der Waals surface area contributed by atoms with Gasteiger partial charge in [-0.05, 0) is 27.5 Å². The molecule has 0 saturated carbocycles. The number of ketones is 1. The number of aliphatic hydroxyl groups is 1. The van der Waals surface area contributed by atoms with E-state index >= 15 is 0 Å². The smallest absolute Gasteiger partial charge is 0.195 e. The van der Waals surface area contributed by atoms with Gasteiger partial charge in [0.25, 0.3) is 0 Å². The summed E-state index contributed by atoms with van der Waals surface area (Å²) in [6.45, 7) is 12.8. The topological polar surface area (TPSA) is 37.3 Å². The van der Waals surface area contributed by atoms with Gasteiger partial charge in [0.05, 0.1) is 0 Å². The van der Waals surface area contributed by atoms with Gasteiger partial charge in [-0.15, -0.1) is 0 Å². The van der Waals surface area contributed by atoms with Crippen LogP contribution in [0.15, 0.2) is 48.5 Å². The van der Waals surface area contributed by atoms with Gasteiger partial charge in [0.15, 0.2) is 5.78 Å². The number of hydrogen-bond donors (Lipinski definition) is 1. The van der Waals surface area contributed by atoms with Crippen molar-refractivity contribution in [3.05, 3.63) is 70.8 Å². The molecule has 0 unspecified atom stereocenters. The fraction of sp³-hybridized carbons (Fsp3) is 0.409. The molecule has 0 spiro atoms. The third-order valence-electron chi connectivity index (χ3n) is 4.38. The highest BCUT2D eigenvalue weighted by Crippen LogP contribution is 2.26. The zero-order valence-electron chi connectivity index (χ0n) is 15.6. The van der Waals surface area contributed by atoms with E-state index in [-0.39, 0.29) is 16.6 Å². The molecule has 0 aromatic heterocycles. The van der Waals surface area contributed by atoms with Crippen molar-refractivity contribution >= 4 is 5.78 Å². The van der Waals surface area contributed by atoms with Gasteiger partial charge in [-0.3, -0.25) is 4.79 Å². The molecule has 2 nitrogen and oxygen atoms in total. The van der Waals surface area contributed by atoms with Crippen LogP contribution in [0.1, 0.15) is 74.7 Å². The molecule has 2 aromatic rings. The van der Waals surface area contributed by atoms with Crippen LogP contribution in [0.3, 0.4) is 0 Å². The van der Waals surface area contributed by atoms with E-state index in [0.717, 1.165) is 0 Å². The first kappa shape index (κ1) is 18.4. The fourth-order valence-corrected chi connectivity index (χ4v) is 2.61. The van der Waals surface area contributed by atoms with Crippen molar-refractivity contribution in [3.63, 3.8) is 0 Å². The average molecular weight is 324 g/mol. The summed E-state index contributed by atoms with van der Waals surface area (Å²) in [5.74, 6) is -0.265. The maximum absolute atomic E-state index is 12.5. The van der Waals surface area contributed by atoms with Crippen LogP contribution in [-0.4, -0.2) is 10.9 Å². The normalized spacial score (nSPS) is 13.6. The third kappa shape index (κ3) is 4.12. The van der Waals surface area contributed by atoms with Gasteiger partial charge in [-0.2, -0.15) is 0 Å². The highest BCUT2D eigenvalue weighted by molar-refractivity contribution is 5.99. The summed E-state index contributed by atoms with van der Waals surface area (Å²) in [5.41, 5.74) is 3.62. The zero-order valence-corrected chi connectivity index (χ0v) is 15.6. The minimum atomic E-state index is -1.13. The second-order valence-electron chi connectivity index (χ2n) is 8.47. The number of aliphatic hydroxyl groups excluding tert-OH is 1. The molecule has 0 bridgehead atoms. The first-order chi connectivity index (χ1) is 11.0. The molecule has 2 heteroatoms. The van der Waals surface area contributed by atoms with E-state index in [4.69, 9.17) is 0 Å². The summed E-state index contributed by atoms with van der Waals surface area (Å²) in [6.07, 6.45) is -1.13. The Balaban J connectivity index is 2.20. The molecule has 1 atom stereocenters. The third-order valence-corrected chi connectivity index (χ3v) is 4.38. The quantitative estimate of drug-likeness (QED) is 0.788. The van der Waals surface area contributed by atoms with E-state index in [1.165, 1.54) is 11.1 Å². The lowest BCUT2D eigenvalue weighted by Gasteiger charge is -2.20. The largest absolute Gasteiger partial charge is 0.380 e. The van der Waals surface area contributed by atoms with E-state index in [0.29, 0.717) is 11.1 Å². The monoisotopic (exact) mass is 324 g/mol. The van der Waals surface area contributed by atoms with Crippen LogP contribution in [0.2, 0.25) is 0 Å². The van der Waals surface area contributed by atoms with E-state index in [1.807, 2.05) is 36.4 Å². The van der Waals surface area contributed by atoms with Crippen molar-refractivity contribution in [2.45, 2.75) is 58.5 Å². The van der Waals surface area contributed by atoms with Crippen molar-refractivity contribution in [2.75, 3.05) is 0 Å². The van der Waals surface area contributed by atoms with Crippen LogP contribution in [0.4, 0.5) is 0 Å². The molecule has 0 saturated heterocycles. The summed E-state index contributed by atoms with van der Waals surface area (Å²) in [5, 5.41) is 10.4. The van der Waals surface area contributed by atoms with E-state index in [2.05, 4.69) is 41.5 Å². The van der Waals surface area contributed by atoms with Crippen molar-refractivity contribution < 1.29 is 9.90 Å². The molecule has 0 aliphatic carbocycles. The van der Waals surface area contributed by atoms with Crippen LogP contribution >= 0.6 is 0 Å². The Morgan fingerprint density at radius 1 is 0.750 bits per heavy atom. The number of hydrogen-bond acceptors (Lipinski definition) is 2. The Morgan fingerprint density at radius 3 is 1.50 bits per heavy atom. The minimum absolute atomic E-state index is 0.0446. The lowest BCUT2D eigenvalue weighted by atomic mass is 9.85. The van der Waals surface area contributed by atoms with Crippen LogP contribution < -0.4 is 0 Å². The summed E-state index contributed by atoms with van der Waals surface area (Å²) >= 11 is 0. The molecule has 0 aliphatic heterocycles. The standard InChI is InChI=1S/C22H28O2/c1-21(2,3)17-11-7-15(8-12-17)19(23)20(24)16-9-13-18(14-10-16)22(4,5)6/h7-14,19,23H,1-6H3/t19-/m0/s1. The Hall–Kier alpha value is -1.93. The highest BCUT2D eigenvalue weighted by atomic mass is 16.3. The number of Topliss-reactive ketones (excluding diaryl/α,β-unsaturated/α-hetero) is 1. The lowest BCUT2D eigenvalue weighted by molar-refractivity contribution is 0.0747. The van der Waals surface area contributed by atoms with Gasteiger partial charge < -0.3 is 5.11 Å². The van der Waals surface area contributed by atoms with E-state index < -0.39 is 6.10 Å². The molecule has 0 amide bonds. The highest BCUT2D eigenvalue weighted by Gasteiger charge is 2.21. The summed E-state index contributed by atoms with van der Waals surface area (Å²) in [6, 6.07) is 15.2. The average Bonchev–Trinajstić information content (AvgIpc) is 2.52. The zero-order chi connectivity index (χ0) is 18.1.